The second-order valence-corrected chi connectivity index (χ2v) is 3.10. The molecule has 2 heterocycles. The van der Waals surface area contributed by atoms with Crippen molar-refractivity contribution in [2.75, 3.05) is 0 Å². The topological polar surface area (TPSA) is 34.9 Å². The molecule has 0 saturated heterocycles. The van der Waals surface area contributed by atoms with E-state index in [0.29, 0.717) is 5.56 Å². The predicted molar refractivity (Wildman–Crippen MR) is 54.0 cm³/mol. The Morgan fingerprint density at radius 1 is 1.36 bits per heavy atom. The van der Waals surface area contributed by atoms with Gasteiger partial charge in [-0.05, 0) is 24.3 Å². The summed E-state index contributed by atoms with van der Waals surface area (Å²) in [5.41, 5.74) is 2.52. The zero-order chi connectivity index (χ0) is 9.97. The van der Waals surface area contributed by atoms with E-state index in [9.17, 15) is 4.79 Å². The highest BCUT2D eigenvalue weighted by Gasteiger charge is 2.01. The van der Waals surface area contributed by atoms with Crippen LogP contribution in [0.25, 0.3) is 11.4 Å². The van der Waals surface area contributed by atoms with E-state index in [1.165, 1.54) is 0 Å². The molecule has 0 unspecified atom stereocenters. The largest absolute Gasteiger partial charge is 0.349 e. The summed E-state index contributed by atoms with van der Waals surface area (Å²) >= 11 is 0. The van der Waals surface area contributed by atoms with Gasteiger partial charge < -0.3 is 4.57 Å². The van der Waals surface area contributed by atoms with Gasteiger partial charge in [-0.3, -0.25) is 9.78 Å². The van der Waals surface area contributed by atoms with E-state index < -0.39 is 0 Å². The molecule has 0 radical (unpaired) electrons. The number of aldehydes is 1. The minimum atomic E-state index is 0.600. The molecule has 0 saturated carbocycles. The van der Waals surface area contributed by atoms with E-state index in [1.54, 1.807) is 12.3 Å². The molecule has 0 fully saturated rings. The van der Waals surface area contributed by atoms with Crippen molar-refractivity contribution in [2.45, 2.75) is 0 Å². The Labute approximate surface area is 82.0 Å². The lowest BCUT2D eigenvalue weighted by molar-refractivity contribution is 0.112. The molecule has 0 aliphatic carbocycles. The zero-order valence-corrected chi connectivity index (χ0v) is 7.84. The van der Waals surface area contributed by atoms with Crippen LogP contribution in [0.3, 0.4) is 0 Å². The predicted octanol–water partition coefficient (Wildman–Crippen LogP) is 1.90. The first-order valence-corrected chi connectivity index (χ1v) is 4.34. The number of nitrogens with zero attached hydrogens (tertiary/aromatic N) is 2. The molecule has 3 heteroatoms. The summed E-state index contributed by atoms with van der Waals surface area (Å²) in [4.78, 5) is 14.6. The molecule has 0 amide bonds. The average Bonchev–Trinajstić information content (AvgIpc) is 2.65. The summed E-state index contributed by atoms with van der Waals surface area (Å²) in [6.07, 6.45) is 4.34. The van der Waals surface area contributed by atoms with Crippen molar-refractivity contribution in [2.24, 2.45) is 7.05 Å². The van der Waals surface area contributed by atoms with Gasteiger partial charge in [0.15, 0.2) is 6.29 Å². The fourth-order valence-electron chi connectivity index (χ4n) is 1.35. The number of carbonyl (C=O) groups is 1. The van der Waals surface area contributed by atoms with Crippen LogP contribution in [0.4, 0.5) is 0 Å². The van der Waals surface area contributed by atoms with E-state index in [4.69, 9.17) is 0 Å². The number of aryl methyl sites for hydroxylation is 1. The van der Waals surface area contributed by atoms with E-state index >= 15 is 0 Å². The van der Waals surface area contributed by atoms with Crippen LogP contribution in [0.2, 0.25) is 0 Å². The average molecular weight is 186 g/mol. The number of hydrogen-bond donors (Lipinski definition) is 0. The summed E-state index contributed by atoms with van der Waals surface area (Å²) in [6.45, 7) is 0. The van der Waals surface area contributed by atoms with Crippen molar-refractivity contribution in [1.29, 1.82) is 0 Å². The number of hydrogen-bond acceptors (Lipinski definition) is 2. The standard InChI is InChI=1S/C11H10N2O/c1-13-6-2-3-11(13)10-5-4-9(8-14)7-12-10/h2-8H,1H3. The fraction of sp³-hybridized carbons (Fsp3) is 0.0909. The van der Waals surface area contributed by atoms with Gasteiger partial charge in [-0.2, -0.15) is 0 Å². The van der Waals surface area contributed by atoms with Crippen LogP contribution >= 0.6 is 0 Å². The molecule has 2 rings (SSSR count). The lowest BCUT2D eigenvalue weighted by Gasteiger charge is -2.01. The SMILES string of the molecule is Cn1cccc1-c1ccc(C=O)cn1. The molecule has 0 N–H and O–H groups in total. The zero-order valence-electron chi connectivity index (χ0n) is 7.84. The van der Waals surface area contributed by atoms with Crippen molar-refractivity contribution >= 4 is 6.29 Å². The number of carbonyl (C=O) groups excluding carboxylic acids is 1. The molecule has 0 aliphatic rings. The monoisotopic (exact) mass is 186 g/mol. The molecule has 2 aromatic heterocycles. The van der Waals surface area contributed by atoms with Crippen molar-refractivity contribution in [3.8, 4) is 11.4 Å². The van der Waals surface area contributed by atoms with Gasteiger partial charge in [0.05, 0.1) is 11.4 Å². The van der Waals surface area contributed by atoms with Crippen LogP contribution in [0.5, 0.6) is 0 Å². The summed E-state index contributed by atoms with van der Waals surface area (Å²) in [6, 6.07) is 7.56. The van der Waals surface area contributed by atoms with E-state index in [2.05, 4.69) is 4.98 Å². The van der Waals surface area contributed by atoms with Crippen molar-refractivity contribution in [3.63, 3.8) is 0 Å². The molecule has 0 aromatic carbocycles. The third-order valence-electron chi connectivity index (χ3n) is 2.13. The van der Waals surface area contributed by atoms with E-state index in [0.717, 1.165) is 17.7 Å². The number of rotatable bonds is 2. The Balaban J connectivity index is 2.43. The molecular formula is C11H10N2O. The van der Waals surface area contributed by atoms with Gasteiger partial charge in [-0.25, -0.2) is 0 Å². The van der Waals surface area contributed by atoms with E-state index in [1.807, 2.05) is 36.0 Å². The molecule has 0 aliphatic heterocycles. The first-order chi connectivity index (χ1) is 6.81. The Morgan fingerprint density at radius 3 is 2.71 bits per heavy atom. The highest BCUT2D eigenvalue weighted by atomic mass is 16.1. The van der Waals surface area contributed by atoms with Crippen LogP contribution in [0.1, 0.15) is 10.4 Å². The van der Waals surface area contributed by atoms with Gasteiger partial charge >= 0.3 is 0 Å². The second kappa shape index (κ2) is 3.46. The molecular weight excluding hydrogens is 176 g/mol. The first kappa shape index (κ1) is 8.69. The van der Waals surface area contributed by atoms with Crippen LogP contribution in [0.15, 0.2) is 36.7 Å². The highest BCUT2D eigenvalue weighted by Crippen LogP contribution is 2.16. The minimum Gasteiger partial charge on any atom is -0.349 e. The summed E-state index contributed by atoms with van der Waals surface area (Å²) in [7, 11) is 1.96. The van der Waals surface area contributed by atoms with Crippen LogP contribution in [-0.4, -0.2) is 15.8 Å². The van der Waals surface area contributed by atoms with Gasteiger partial charge in [-0.15, -0.1) is 0 Å². The highest BCUT2D eigenvalue weighted by molar-refractivity contribution is 5.74. The quantitative estimate of drug-likeness (QED) is 0.671. The smallest absolute Gasteiger partial charge is 0.151 e. The Kier molecular flexibility index (Phi) is 2.14. The van der Waals surface area contributed by atoms with Gasteiger partial charge in [0, 0.05) is 25.0 Å². The fourth-order valence-corrected chi connectivity index (χ4v) is 1.35. The van der Waals surface area contributed by atoms with Gasteiger partial charge in [0.2, 0.25) is 0 Å². The minimum absolute atomic E-state index is 0.600. The molecule has 0 spiro atoms. The van der Waals surface area contributed by atoms with Gasteiger partial charge in [0.25, 0.3) is 0 Å². The summed E-state index contributed by atoms with van der Waals surface area (Å²) < 4.78 is 1.99. The van der Waals surface area contributed by atoms with Gasteiger partial charge in [0.1, 0.15) is 0 Å². The molecule has 3 nitrogen and oxygen atoms in total. The lowest BCUT2D eigenvalue weighted by atomic mass is 10.2. The Morgan fingerprint density at radius 2 is 2.21 bits per heavy atom. The second-order valence-electron chi connectivity index (χ2n) is 3.10. The maximum Gasteiger partial charge on any atom is 0.151 e. The molecule has 0 bridgehead atoms. The van der Waals surface area contributed by atoms with Crippen molar-refractivity contribution < 1.29 is 4.79 Å². The Hall–Kier alpha value is -1.90. The van der Waals surface area contributed by atoms with Crippen molar-refractivity contribution in [1.82, 2.24) is 9.55 Å². The first-order valence-electron chi connectivity index (χ1n) is 4.34. The summed E-state index contributed by atoms with van der Waals surface area (Å²) in [5, 5.41) is 0. The van der Waals surface area contributed by atoms with Crippen molar-refractivity contribution in [3.05, 3.63) is 42.2 Å². The maximum absolute atomic E-state index is 10.4. The summed E-state index contributed by atoms with van der Waals surface area (Å²) in [5.74, 6) is 0. The van der Waals surface area contributed by atoms with Crippen LogP contribution < -0.4 is 0 Å². The molecule has 2 aromatic rings. The van der Waals surface area contributed by atoms with E-state index in [-0.39, 0.29) is 0 Å². The number of aromatic nitrogens is 2. The normalized spacial score (nSPS) is 10.1. The molecule has 70 valence electrons. The lowest BCUT2D eigenvalue weighted by Crippen LogP contribution is -1.92. The third-order valence-corrected chi connectivity index (χ3v) is 2.13. The maximum atomic E-state index is 10.4. The number of pyridine rings is 1. The van der Waals surface area contributed by atoms with Crippen LogP contribution in [-0.2, 0) is 7.05 Å². The van der Waals surface area contributed by atoms with Gasteiger partial charge in [-0.1, -0.05) is 0 Å². The van der Waals surface area contributed by atoms with Crippen LogP contribution in [0, 0.1) is 0 Å². The molecule has 0 atom stereocenters. The third kappa shape index (κ3) is 1.44. The Bertz CT molecular complexity index is 443. The molecule has 14 heavy (non-hydrogen) atoms.